The third-order valence-electron chi connectivity index (χ3n) is 5.65. The number of hydrogen-bond acceptors (Lipinski definition) is 0. The van der Waals surface area contributed by atoms with Crippen LogP contribution in [0.3, 0.4) is 0 Å². The predicted octanol–water partition coefficient (Wildman–Crippen LogP) is 7.58. The highest BCUT2D eigenvalue weighted by Crippen LogP contribution is 2.37. The monoisotopic (exact) mass is 372 g/mol. The van der Waals surface area contributed by atoms with E-state index in [-0.39, 0.29) is 0 Å². The highest BCUT2D eigenvalue weighted by atomic mass is 15.2. The number of rotatable bonds is 9. The van der Waals surface area contributed by atoms with Crippen molar-refractivity contribution in [1.29, 1.82) is 0 Å². The lowest BCUT2D eigenvalue weighted by molar-refractivity contribution is -0.344. The molecule has 0 saturated carbocycles. The molecule has 2 aromatic carbocycles. The van der Waals surface area contributed by atoms with Crippen LogP contribution in [0.15, 0.2) is 60.2 Å². The average Bonchev–Trinajstić information content (AvgIpc) is 3.07. The van der Waals surface area contributed by atoms with Crippen molar-refractivity contribution in [3.63, 3.8) is 0 Å². The van der Waals surface area contributed by atoms with E-state index in [0.717, 1.165) is 48.2 Å². The third kappa shape index (κ3) is 4.49. The molecule has 3 rings (SSSR count). The first-order chi connectivity index (χ1) is 13.7. The van der Waals surface area contributed by atoms with Crippen molar-refractivity contribution in [3.05, 3.63) is 88.0 Å². The lowest BCUT2D eigenvalue weighted by atomic mass is 10.0. The minimum atomic E-state index is 0.878. The number of allylic oxidation sites excluding steroid dienone is 2. The van der Waals surface area contributed by atoms with Crippen LogP contribution in [-0.4, -0.2) is 4.70 Å². The van der Waals surface area contributed by atoms with Crippen LogP contribution in [0.25, 0.3) is 16.9 Å². The van der Waals surface area contributed by atoms with E-state index in [4.69, 9.17) is 0 Å². The number of benzene rings is 2. The molecule has 0 spiro atoms. The van der Waals surface area contributed by atoms with Crippen molar-refractivity contribution >= 4 is 11.4 Å². The maximum atomic E-state index is 11.1. The van der Waals surface area contributed by atoms with Gasteiger partial charge in [0, 0.05) is 22.8 Å². The first-order valence-electron chi connectivity index (χ1n) is 10.8. The molecule has 0 aromatic heterocycles. The largest absolute Gasteiger partial charge is 0.493 e. The van der Waals surface area contributed by atoms with E-state index in [9.17, 15) is 5.53 Å². The van der Waals surface area contributed by atoms with Gasteiger partial charge in [-0.25, -0.2) is 4.70 Å². The normalized spacial score (nSPS) is 14.0. The molecule has 2 nitrogen and oxygen atoms in total. The summed E-state index contributed by atoms with van der Waals surface area (Å²) < 4.78 is 1.40. The highest BCUT2D eigenvalue weighted by molar-refractivity contribution is 5.78. The lowest BCUT2D eigenvalue weighted by Crippen LogP contribution is -2.02. The summed E-state index contributed by atoms with van der Waals surface area (Å²) in [6, 6.07) is 17.1. The van der Waals surface area contributed by atoms with E-state index in [1.54, 1.807) is 0 Å². The maximum Gasteiger partial charge on any atom is 0.210 e. The molecule has 0 unspecified atom stereocenters. The van der Waals surface area contributed by atoms with Gasteiger partial charge in [-0.2, -0.15) is 0 Å². The molecule has 1 aliphatic heterocycles. The Hall–Kier alpha value is -2.48. The minimum Gasteiger partial charge on any atom is -0.493 e. The highest BCUT2D eigenvalue weighted by Gasteiger charge is 2.28. The Morgan fingerprint density at radius 2 is 1.29 bits per heavy atom. The molecule has 146 valence electrons. The fourth-order valence-corrected chi connectivity index (χ4v) is 3.81. The van der Waals surface area contributed by atoms with Gasteiger partial charge in [-0.1, -0.05) is 64.3 Å². The fraction of sp³-hybridized carbons (Fsp3) is 0.385. The summed E-state index contributed by atoms with van der Waals surface area (Å²) in [5.74, 6) is 0. The Kier molecular flexibility index (Phi) is 6.97. The van der Waals surface area contributed by atoms with Crippen molar-refractivity contribution in [3.8, 4) is 0 Å². The van der Waals surface area contributed by atoms with E-state index >= 15 is 0 Å². The van der Waals surface area contributed by atoms with Gasteiger partial charge in [0.05, 0.1) is 0 Å². The molecule has 0 aliphatic carbocycles. The van der Waals surface area contributed by atoms with Crippen molar-refractivity contribution in [1.82, 2.24) is 0 Å². The second-order valence-electron chi connectivity index (χ2n) is 7.63. The fourth-order valence-electron chi connectivity index (χ4n) is 3.81. The van der Waals surface area contributed by atoms with Crippen molar-refractivity contribution in [2.24, 2.45) is 0 Å². The molecule has 0 amide bonds. The lowest BCUT2D eigenvalue weighted by Gasteiger charge is -2.10. The zero-order valence-corrected chi connectivity index (χ0v) is 17.5. The van der Waals surface area contributed by atoms with Gasteiger partial charge in [0.2, 0.25) is 11.4 Å². The number of nitrogens with zero attached hydrogens (tertiary/aromatic N) is 2. The minimum absolute atomic E-state index is 0.878. The summed E-state index contributed by atoms with van der Waals surface area (Å²) in [5, 5.41) is 0. The van der Waals surface area contributed by atoms with Crippen LogP contribution in [0.4, 0.5) is 0 Å². The van der Waals surface area contributed by atoms with Gasteiger partial charge in [0.15, 0.2) is 0 Å². The Morgan fingerprint density at radius 3 is 1.82 bits per heavy atom. The van der Waals surface area contributed by atoms with E-state index in [1.165, 1.54) is 40.7 Å². The van der Waals surface area contributed by atoms with Crippen molar-refractivity contribution in [2.45, 2.75) is 65.7 Å². The molecule has 0 fully saturated rings. The van der Waals surface area contributed by atoms with Gasteiger partial charge < -0.3 is 5.53 Å². The summed E-state index contributed by atoms with van der Waals surface area (Å²) in [6.45, 7) is 6.57. The number of unbranched alkanes of at least 4 members (excludes halogenated alkanes) is 3. The maximum absolute atomic E-state index is 11.1. The molecule has 1 aliphatic rings. The van der Waals surface area contributed by atoms with Gasteiger partial charge in [0.25, 0.3) is 0 Å². The topological polar surface area (TPSA) is 25.3 Å². The van der Waals surface area contributed by atoms with Crippen LogP contribution < -0.4 is 0 Å². The molecule has 0 atom stereocenters. The molecule has 1 heterocycles. The average molecular weight is 373 g/mol. The summed E-state index contributed by atoms with van der Waals surface area (Å²) in [5.41, 5.74) is 18.9. The van der Waals surface area contributed by atoms with Crippen LogP contribution in [-0.2, 0) is 12.8 Å². The Morgan fingerprint density at radius 1 is 0.714 bits per heavy atom. The molecule has 0 bridgehead atoms. The van der Waals surface area contributed by atoms with Gasteiger partial charge in [-0.3, -0.25) is 0 Å². The van der Waals surface area contributed by atoms with Gasteiger partial charge in [0.1, 0.15) is 0 Å². The molecule has 28 heavy (non-hydrogen) atoms. The first kappa shape index (κ1) is 20.3. The Balaban J connectivity index is 1.91. The second kappa shape index (κ2) is 9.64. The van der Waals surface area contributed by atoms with Crippen LogP contribution in [0, 0.1) is 0 Å². The Bertz CT molecular complexity index is 868. The summed E-state index contributed by atoms with van der Waals surface area (Å²) >= 11 is 0. The first-order valence-corrected chi connectivity index (χ1v) is 10.8. The molecular weight excluding hydrogens is 340 g/mol. The van der Waals surface area contributed by atoms with E-state index in [2.05, 4.69) is 75.4 Å². The second-order valence-corrected chi connectivity index (χ2v) is 7.63. The van der Waals surface area contributed by atoms with Crippen LogP contribution in [0.5, 0.6) is 0 Å². The van der Waals surface area contributed by atoms with Gasteiger partial charge >= 0.3 is 0 Å². The van der Waals surface area contributed by atoms with Crippen molar-refractivity contribution < 1.29 is 4.70 Å². The van der Waals surface area contributed by atoms with Gasteiger partial charge in [-0.15, -0.1) is 0 Å². The van der Waals surface area contributed by atoms with Crippen molar-refractivity contribution in [2.75, 3.05) is 0 Å². The SMILES string of the molecule is CCCCCCC1=C(c2ccc(CC)cc2)[N+](=[N-])C(c2ccc(CC)cc2)=C1. The summed E-state index contributed by atoms with van der Waals surface area (Å²) in [4.78, 5) is 0. The molecule has 2 aromatic rings. The smallest absolute Gasteiger partial charge is 0.210 e. The zero-order chi connectivity index (χ0) is 19.9. The standard InChI is InChI=1S/C26H32N2/c1-4-7-8-9-10-24-19-25(22-15-11-20(5-2)12-16-22)28(27)26(24)23-17-13-21(6-3)14-18-23/h11-19H,4-10H2,1-3H3. The molecule has 0 radical (unpaired) electrons. The number of aryl methyl sites for hydroxylation is 2. The molecule has 2 heteroatoms. The third-order valence-corrected chi connectivity index (χ3v) is 5.65. The summed E-state index contributed by atoms with van der Waals surface area (Å²) in [7, 11) is 0. The van der Waals surface area contributed by atoms with E-state index in [0.29, 0.717) is 0 Å². The predicted molar refractivity (Wildman–Crippen MR) is 119 cm³/mol. The molecule has 0 saturated heterocycles. The van der Waals surface area contributed by atoms with Crippen LogP contribution >= 0.6 is 0 Å². The van der Waals surface area contributed by atoms with E-state index < -0.39 is 0 Å². The van der Waals surface area contributed by atoms with Crippen LogP contribution in [0.1, 0.15) is 75.1 Å². The Labute approximate surface area is 170 Å². The number of hydrogen-bond donors (Lipinski definition) is 0. The van der Waals surface area contributed by atoms with E-state index in [1.807, 2.05) is 0 Å². The van der Waals surface area contributed by atoms with Gasteiger partial charge in [-0.05, 0) is 61.1 Å². The zero-order valence-electron chi connectivity index (χ0n) is 17.5. The molecule has 0 N–H and O–H groups in total. The molecular formula is C26H32N2. The summed E-state index contributed by atoms with van der Waals surface area (Å²) in [6.07, 6.45) is 10.1. The van der Waals surface area contributed by atoms with Crippen LogP contribution in [0.2, 0.25) is 0 Å². The quantitative estimate of drug-likeness (QED) is 0.320.